The van der Waals surface area contributed by atoms with Gasteiger partial charge in [0.25, 0.3) is 0 Å². The van der Waals surface area contributed by atoms with Gasteiger partial charge in [0.05, 0.1) is 22.3 Å². The van der Waals surface area contributed by atoms with E-state index < -0.39 is 15.9 Å². The third kappa shape index (κ3) is 4.54. The van der Waals surface area contributed by atoms with Crippen LogP contribution in [0, 0.1) is 6.92 Å². The molecular weight excluding hydrogens is 370 g/mol. The van der Waals surface area contributed by atoms with E-state index in [2.05, 4.69) is 20.5 Å². The number of aryl methyl sites for hydroxylation is 1. The van der Waals surface area contributed by atoms with Gasteiger partial charge >= 0.3 is 0 Å². The predicted octanol–water partition coefficient (Wildman–Crippen LogP) is 1.92. The molecule has 0 saturated carbocycles. The Balaban J connectivity index is 1.83. The number of anilines is 1. The lowest BCUT2D eigenvalue weighted by Gasteiger charge is -2.09. The number of hydrogen-bond donors (Lipinski definition) is 2. The summed E-state index contributed by atoms with van der Waals surface area (Å²) in [6, 6.07) is 3.47. The largest absolute Gasteiger partial charge is 0.378 e. The number of sulfone groups is 1. The van der Waals surface area contributed by atoms with Crippen molar-refractivity contribution in [3.8, 4) is 0 Å². The van der Waals surface area contributed by atoms with Crippen LogP contribution in [0.1, 0.15) is 16.0 Å². The Bertz CT molecular complexity index is 1000. The highest BCUT2D eigenvalue weighted by Crippen LogP contribution is 2.34. The third-order valence-corrected chi connectivity index (χ3v) is 6.37. The van der Waals surface area contributed by atoms with Crippen molar-refractivity contribution in [3.63, 3.8) is 0 Å². The number of aromatic nitrogens is 3. The molecule has 3 N–H and O–H groups in total. The molecule has 3 rings (SSSR count). The van der Waals surface area contributed by atoms with Gasteiger partial charge in [-0.2, -0.15) is 5.10 Å². The van der Waals surface area contributed by atoms with Crippen molar-refractivity contribution >= 4 is 37.1 Å². The van der Waals surface area contributed by atoms with Crippen molar-refractivity contribution < 1.29 is 8.42 Å². The fourth-order valence-corrected chi connectivity index (χ4v) is 4.98. The van der Waals surface area contributed by atoms with Crippen LogP contribution in [0.5, 0.6) is 0 Å². The Hall–Kier alpha value is -2.10. The second kappa shape index (κ2) is 7.65. The van der Waals surface area contributed by atoms with Gasteiger partial charge in [0, 0.05) is 36.1 Å². The highest BCUT2D eigenvalue weighted by atomic mass is 32.2. The predicted molar refractivity (Wildman–Crippen MR) is 105 cm³/mol. The molecule has 26 heavy (non-hydrogen) atoms. The molecule has 9 heteroatoms. The minimum absolute atomic E-state index is 0.0283. The Labute approximate surface area is 156 Å². The maximum Gasteiger partial charge on any atom is 0.148 e. The number of nitrogens with zero attached hydrogens (tertiary/aromatic N) is 3. The van der Waals surface area contributed by atoms with E-state index >= 15 is 0 Å². The van der Waals surface area contributed by atoms with Crippen LogP contribution in [0.4, 0.5) is 5.69 Å². The molecule has 0 spiro atoms. The number of nitrogens with two attached hydrogens (primary N) is 1. The van der Waals surface area contributed by atoms with Gasteiger partial charge in [-0.15, -0.1) is 16.4 Å². The second-order valence-electron chi connectivity index (χ2n) is 6.35. The number of pyridine rings is 1. The number of nitrogens with one attached hydrogen (secondary N) is 1. The molecule has 0 aliphatic rings. The summed E-state index contributed by atoms with van der Waals surface area (Å²) in [7, 11) is -3.10. The van der Waals surface area contributed by atoms with E-state index in [0.717, 1.165) is 31.9 Å². The molecule has 0 aliphatic heterocycles. The number of rotatable bonds is 7. The Morgan fingerprint density at radius 2 is 2.04 bits per heavy atom. The van der Waals surface area contributed by atoms with E-state index in [1.165, 1.54) is 6.26 Å². The molecule has 0 fully saturated rings. The van der Waals surface area contributed by atoms with Gasteiger partial charge in [-0.3, -0.25) is 4.98 Å². The van der Waals surface area contributed by atoms with Crippen LogP contribution in [0.25, 0.3) is 10.2 Å². The third-order valence-electron chi connectivity index (χ3n) is 4.00. The Morgan fingerprint density at radius 1 is 1.31 bits per heavy atom. The summed E-state index contributed by atoms with van der Waals surface area (Å²) in [5, 5.41) is 11.7. The summed E-state index contributed by atoms with van der Waals surface area (Å²) in [4.78, 5) is 5.06. The number of hydrogen-bond acceptors (Lipinski definition) is 8. The average molecular weight is 392 g/mol. The topological polar surface area (TPSA) is 111 Å². The summed E-state index contributed by atoms with van der Waals surface area (Å²) in [5.41, 5.74) is 9.89. The maximum absolute atomic E-state index is 11.4. The van der Waals surface area contributed by atoms with Crippen LogP contribution in [0.3, 0.4) is 0 Å². The molecule has 3 heterocycles. The molecule has 0 radical (unpaired) electrons. The smallest absolute Gasteiger partial charge is 0.148 e. The standard InChI is InChI=1S/C17H21N5O2S2/c1-11-15(7-13(18)10-26(2,23)24)25-17-14(9-21-22-16(11)17)20-8-12-3-5-19-6-4-12/h3-6,9,13H,7-8,10,18H2,1-2H3,(H,20,22)/t13-/m1/s1. The molecular formula is C17H21N5O2S2. The molecule has 7 nitrogen and oxygen atoms in total. The van der Waals surface area contributed by atoms with Crippen LogP contribution < -0.4 is 11.1 Å². The number of fused-ring (bicyclic) bond motifs is 1. The van der Waals surface area contributed by atoms with E-state index in [1.54, 1.807) is 29.9 Å². The molecule has 0 saturated heterocycles. The van der Waals surface area contributed by atoms with Gasteiger partial charge in [-0.25, -0.2) is 8.42 Å². The van der Waals surface area contributed by atoms with Crippen molar-refractivity contribution in [2.45, 2.75) is 25.9 Å². The zero-order valence-corrected chi connectivity index (χ0v) is 16.3. The first-order valence-corrected chi connectivity index (χ1v) is 11.0. The van der Waals surface area contributed by atoms with Crippen LogP contribution in [-0.2, 0) is 22.8 Å². The van der Waals surface area contributed by atoms with E-state index in [-0.39, 0.29) is 5.75 Å². The van der Waals surface area contributed by atoms with Gasteiger partial charge in [-0.05, 0) is 36.6 Å². The zero-order valence-electron chi connectivity index (χ0n) is 14.6. The first kappa shape index (κ1) is 18.7. The lowest BCUT2D eigenvalue weighted by atomic mass is 10.1. The van der Waals surface area contributed by atoms with Crippen molar-refractivity contribution in [1.29, 1.82) is 0 Å². The van der Waals surface area contributed by atoms with Gasteiger partial charge in [0.1, 0.15) is 15.4 Å². The quantitative estimate of drug-likeness (QED) is 0.633. The van der Waals surface area contributed by atoms with E-state index in [4.69, 9.17) is 5.73 Å². The molecule has 0 bridgehead atoms. The van der Waals surface area contributed by atoms with Crippen molar-refractivity contribution in [2.75, 3.05) is 17.3 Å². The van der Waals surface area contributed by atoms with Crippen molar-refractivity contribution in [1.82, 2.24) is 15.2 Å². The van der Waals surface area contributed by atoms with E-state index in [9.17, 15) is 8.42 Å². The van der Waals surface area contributed by atoms with Gasteiger partial charge in [0.15, 0.2) is 0 Å². The highest BCUT2D eigenvalue weighted by molar-refractivity contribution is 7.90. The summed E-state index contributed by atoms with van der Waals surface area (Å²) >= 11 is 1.59. The number of thiophene rings is 1. The van der Waals surface area contributed by atoms with E-state index in [1.807, 2.05) is 19.1 Å². The second-order valence-corrected chi connectivity index (χ2v) is 9.64. The SMILES string of the molecule is Cc1c(C[C@@H](N)CS(C)(=O)=O)sc2c(NCc3ccncc3)cnnc12. The lowest BCUT2D eigenvalue weighted by molar-refractivity contribution is 0.592. The molecule has 138 valence electrons. The van der Waals surface area contributed by atoms with Gasteiger partial charge in [-0.1, -0.05) is 0 Å². The molecule has 3 aromatic heterocycles. The molecule has 0 amide bonds. The molecule has 1 atom stereocenters. The Kier molecular flexibility index (Phi) is 5.49. The highest BCUT2D eigenvalue weighted by Gasteiger charge is 2.18. The summed E-state index contributed by atoms with van der Waals surface area (Å²) < 4.78 is 23.9. The molecule has 3 aromatic rings. The zero-order chi connectivity index (χ0) is 18.7. The maximum atomic E-state index is 11.4. The fourth-order valence-electron chi connectivity index (χ4n) is 2.76. The van der Waals surface area contributed by atoms with Crippen LogP contribution in [-0.4, -0.2) is 41.6 Å². The first-order chi connectivity index (χ1) is 12.3. The summed E-state index contributed by atoms with van der Waals surface area (Å²) in [6.45, 7) is 2.63. The minimum Gasteiger partial charge on any atom is -0.378 e. The summed E-state index contributed by atoms with van der Waals surface area (Å²) in [6.07, 6.45) is 6.93. The Morgan fingerprint density at radius 3 is 2.73 bits per heavy atom. The monoisotopic (exact) mass is 391 g/mol. The van der Waals surface area contributed by atoms with Gasteiger partial charge < -0.3 is 11.1 Å². The van der Waals surface area contributed by atoms with Crippen LogP contribution in [0.2, 0.25) is 0 Å². The van der Waals surface area contributed by atoms with Gasteiger partial charge in [0.2, 0.25) is 0 Å². The first-order valence-electron chi connectivity index (χ1n) is 8.13. The van der Waals surface area contributed by atoms with Crippen molar-refractivity contribution in [3.05, 3.63) is 46.7 Å². The lowest BCUT2D eigenvalue weighted by Crippen LogP contribution is -2.31. The fraction of sp³-hybridized carbons (Fsp3) is 0.353. The average Bonchev–Trinajstić information content (AvgIpc) is 2.89. The molecule has 0 aromatic carbocycles. The molecule has 0 unspecified atom stereocenters. The normalized spacial score (nSPS) is 13.0. The summed E-state index contributed by atoms with van der Waals surface area (Å²) in [5.74, 6) is -0.0283. The molecule has 0 aliphatic carbocycles. The van der Waals surface area contributed by atoms with Crippen LogP contribution in [0.15, 0.2) is 30.7 Å². The minimum atomic E-state index is -3.10. The van der Waals surface area contributed by atoms with Crippen LogP contribution >= 0.6 is 11.3 Å². The van der Waals surface area contributed by atoms with Crippen molar-refractivity contribution in [2.24, 2.45) is 5.73 Å². The van der Waals surface area contributed by atoms with E-state index in [0.29, 0.717) is 13.0 Å².